The van der Waals surface area contributed by atoms with E-state index in [1.54, 1.807) is 67.9 Å². The van der Waals surface area contributed by atoms with Crippen molar-refractivity contribution >= 4 is 40.2 Å². The van der Waals surface area contributed by atoms with Gasteiger partial charge < -0.3 is 16.4 Å². The molecule has 3 rings (SSSR count). The van der Waals surface area contributed by atoms with Gasteiger partial charge in [-0.05, 0) is 29.2 Å². The lowest BCUT2D eigenvalue weighted by molar-refractivity contribution is -0.128. The Morgan fingerprint density at radius 2 is 1.85 bits per heavy atom. The summed E-state index contributed by atoms with van der Waals surface area (Å²) in [5, 5.41) is 19.7. The zero-order valence-electron chi connectivity index (χ0n) is 19.1. The van der Waals surface area contributed by atoms with Crippen molar-refractivity contribution in [2.75, 3.05) is 6.54 Å². The highest BCUT2D eigenvalue weighted by atomic mass is 35.5. The topological polar surface area (TPSA) is 143 Å². The molecule has 0 aliphatic rings. The second-order valence-corrected chi connectivity index (χ2v) is 9.31. The molecule has 176 valence electrons. The van der Waals surface area contributed by atoms with Crippen LogP contribution in [0.2, 0.25) is 5.02 Å². The van der Waals surface area contributed by atoms with Crippen LogP contribution in [-0.4, -0.2) is 40.1 Å². The predicted molar refractivity (Wildman–Crippen MR) is 128 cm³/mol. The molecule has 3 aromatic rings. The fourth-order valence-electron chi connectivity index (χ4n) is 3.48. The van der Waals surface area contributed by atoms with Gasteiger partial charge in [-0.25, -0.2) is 0 Å². The third-order valence-electron chi connectivity index (χ3n) is 5.19. The number of nitrogens with zero attached hydrogens (tertiary/aromatic N) is 3. The highest BCUT2D eigenvalue weighted by Crippen LogP contribution is 2.28. The van der Waals surface area contributed by atoms with Crippen LogP contribution >= 0.6 is 11.6 Å². The van der Waals surface area contributed by atoms with E-state index in [9.17, 15) is 14.4 Å². The molecule has 34 heavy (non-hydrogen) atoms. The van der Waals surface area contributed by atoms with Crippen LogP contribution < -0.4 is 16.4 Å². The zero-order valence-corrected chi connectivity index (χ0v) is 19.8. The first-order valence-electron chi connectivity index (χ1n) is 10.5. The minimum atomic E-state index is -0.947. The van der Waals surface area contributed by atoms with Crippen LogP contribution in [0.1, 0.15) is 42.4 Å². The van der Waals surface area contributed by atoms with Crippen LogP contribution in [0.25, 0.3) is 10.9 Å². The van der Waals surface area contributed by atoms with Crippen LogP contribution in [0.3, 0.4) is 0 Å². The van der Waals surface area contributed by atoms with Gasteiger partial charge in [0.1, 0.15) is 6.04 Å². The first-order chi connectivity index (χ1) is 16.0. The number of fused-ring (bicyclic) bond motifs is 1. The molecule has 1 unspecified atom stereocenters. The smallest absolute Gasteiger partial charge is 0.273 e. The Hall–Kier alpha value is -3.90. The Morgan fingerprint density at radius 1 is 1.18 bits per heavy atom. The number of para-hydroxylation sites is 1. The van der Waals surface area contributed by atoms with Gasteiger partial charge in [0, 0.05) is 5.39 Å². The van der Waals surface area contributed by atoms with E-state index >= 15 is 0 Å². The molecule has 2 aromatic carbocycles. The Kier molecular flexibility index (Phi) is 7.23. The predicted octanol–water partition coefficient (Wildman–Crippen LogP) is 2.36. The number of hydrogen-bond acceptors (Lipinski definition) is 5. The van der Waals surface area contributed by atoms with E-state index in [0.29, 0.717) is 28.0 Å². The summed E-state index contributed by atoms with van der Waals surface area (Å²) >= 11 is 6.45. The van der Waals surface area contributed by atoms with E-state index in [1.165, 1.54) is 0 Å². The molecule has 10 heteroatoms. The van der Waals surface area contributed by atoms with E-state index in [4.69, 9.17) is 22.6 Å². The number of carbonyl (C=O) groups is 3. The normalized spacial score (nSPS) is 12.1. The monoisotopic (exact) mass is 480 g/mol. The van der Waals surface area contributed by atoms with Crippen LogP contribution in [0.5, 0.6) is 0 Å². The molecular weight excluding hydrogens is 456 g/mol. The van der Waals surface area contributed by atoms with E-state index in [-0.39, 0.29) is 12.2 Å². The summed E-state index contributed by atoms with van der Waals surface area (Å²) < 4.78 is 1.62. The van der Waals surface area contributed by atoms with Crippen molar-refractivity contribution in [3.8, 4) is 6.07 Å². The Labute approximate surface area is 201 Å². The highest BCUT2D eigenvalue weighted by Gasteiger charge is 2.34. The molecule has 1 heterocycles. The lowest BCUT2D eigenvalue weighted by Gasteiger charge is -2.30. The fraction of sp³-hybridized carbons (Fsp3) is 0.292. The van der Waals surface area contributed by atoms with Gasteiger partial charge in [-0.3, -0.25) is 19.1 Å². The van der Waals surface area contributed by atoms with E-state index in [2.05, 4.69) is 21.8 Å². The molecule has 1 atom stereocenters. The fourth-order valence-corrected chi connectivity index (χ4v) is 3.76. The lowest BCUT2D eigenvalue weighted by Crippen LogP contribution is -2.54. The van der Waals surface area contributed by atoms with Crippen molar-refractivity contribution in [2.45, 2.75) is 33.4 Å². The van der Waals surface area contributed by atoms with Crippen LogP contribution in [0.15, 0.2) is 42.5 Å². The van der Waals surface area contributed by atoms with Gasteiger partial charge in [0.05, 0.1) is 35.3 Å². The SMILES string of the molecule is CC(C)(C)C(NC(=O)c1nn(Cc2ccc(C#N)cc2)c2c(Cl)cccc12)C(=O)NCC(N)=O. The van der Waals surface area contributed by atoms with E-state index in [0.717, 1.165) is 5.56 Å². The van der Waals surface area contributed by atoms with Crippen molar-refractivity contribution in [1.82, 2.24) is 20.4 Å². The number of halogens is 1. The second-order valence-electron chi connectivity index (χ2n) is 8.91. The number of amides is 3. The average Bonchev–Trinajstić information content (AvgIpc) is 3.15. The molecule has 1 aromatic heterocycles. The Bertz CT molecular complexity index is 1290. The quantitative estimate of drug-likeness (QED) is 0.475. The number of hydrogen-bond donors (Lipinski definition) is 3. The van der Waals surface area contributed by atoms with Crippen LogP contribution in [0.4, 0.5) is 0 Å². The molecule has 0 radical (unpaired) electrons. The molecule has 0 bridgehead atoms. The summed E-state index contributed by atoms with van der Waals surface area (Å²) in [6, 6.07) is 13.3. The minimum Gasteiger partial charge on any atom is -0.368 e. The van der Waals surface area contributed by atoms with Gasteiger partial charge >= 0.3 is 0 Å². The summed E-state index contributed by atoms with van der Waals surface area (Å²) in [4.78, 5) is 37.0. The molecule has 0 saturated carbocycles. The second kappa shape index (κ2) is 9.93. The van der Waals surface area contributed by atoms with Crippen molar-refractivity contribution in [1.29, 1.82) is 5.26 Å². The molecule has 0 fully saturated rings. The number of nitrogens with two attached hydrogens (primary N) is 1. The largest absolute Gasteiger partial charge is 0.368 e. The number of rotatable bonds is 7. The summed E-state index contributed by atoms with van der Waals surface area (Å²) in [6.45, 7) is 5.36. The number of aromatic nitrogens is 2. The molecule has 4 N–H and O–H groups in total. The van der Waals surface area contributed by atoms with Gasteiger partial charge in [0.2, 0.25) is 11.8 Å². The number of nitriles is 1. The number of carbonyl (C=O) groups excluding carboxylic acids is 3. The standard InChI is InChI=1S/C24H25ClN6O3/c1-24(2,3)21(23(34)28-12-18(27)32)29-22(33)19-16-5-4-6-17(25)20(16)31(30-19)13-15-9-7-14(11-26)8-10-15/h4-10,21H,12-13H2,1-3H3,(H2,27,32)(H,28,34)(H,29,33). The first-order valence-corrected chi connectivity index (χ1v) is 10.9. The van der Waals surface area contributed by atoms with E-state index < -0.39 is 29.2 Å². The van der Waals surface area contributed by atoms with Gasteiger partial charge in [-0.15, -0.1) is 0 Å². The molecule has 0 saturated heterocycles. The van der Waals surface area contributed by atoms with Crippen molar-refractivity contribution in [2.24, 2.45) is 11.1 Å². The number of primary amides is 1. The summed E-state index contributed by atoms with van der Waals surface area (Å²) in [5.74, 6) is -1.77. The zero-order chi connectivity index (χ0) is 25.0. The molecule has 3 amide bonds. The van der Waals surface area contributed by atoms with Gasteiger partial charge in [0.25, 0.3) is 5.91 Å². The molecule has 0 aliphatic heterocycles. The van der Waals surface area contributed by atoms with Crippen molar-refractivity contribution in [3.63, 3.8) is 0 Å². The van der Waals surface area contributed by atoms with Crippen molar-refractivity contribution in [3.05, 3.63) is 64.3 Å². The third kappa shape index (κ3) is 5.53. The van der Waals surface area contributed by atoms with Crippen LogP contribution in [-0.2, 0) is 16.1 Å². The lowest BCUT2D eigenvalue weighted by atomic mass is 9.86. The van der Waals surface area contributed by atoms with Crippen molar-refractivity contribution < 1.29 is 14.4 Å². The maximum atomic E-state index is 13.3. The van der Waals surface area contributed by atoms with Crippen LogP contribution in [0, 0.1) is 16.7 Å². The minimum absolute atomic E-state index is 0.114. The molecular formula is C24H25ClN6O3. The van der Waals surface area contributed by atoms with Gasteiger partial charge in [-0.1, -0.05) is 56.6 Å². The Morgan fingerprint density at radius 3 is 2.44 bits per heavy atom. The first kappa shape index (κ1) is 24.7. The Balaban J connectivity index is 1.95. The maximum absolute atomic E-state index is 13.3. The highest BCUT2D eigenvalue weighted by molar-refractivity contribution is 6.35. The number of nitrogens with one attached hydrogen (secondary N) is 2. The van der Waals surface area contributed by atoms with Gasteiger partial charge in [-0.2, -0.15) is 10.4 Å². The number of benzene rings is 2. The van der Waals surface area contributed by atoms with Gasteiger partial charge in [0.15, 0.2) is 5.69 Å². The van der Waals surface area contributed by atoms with E-state index in [1.807, 2.05) is 0 Å². The molecule has 0 aliphatic carbocycles. The third-order valence-corrected chi connectivity index (χ3v) is 5.50. The summed E-state index contributed by atoms with van der Waals surface area (Å²) in [5.41, 5.74) is 6.56. The average molecular weight is 481 g/mol. The summed E-state index contributed by atoms with van der Waals surface area (Å²) in [7, 11) is 0. The molecule has 9 nitrogen and oxygen atoms in total. The molecule has 0 spiro atoms. The summed E-state index contributed by atoms with van der Waals surface area (Å²) in [6.07, 6.45) is 0. The maximum Gasteiger partial charge on any atom is 0.273 e.